The van der Waals surface area contributed by atoms with Gasteiger partial charge in [0.05, 0.1) is 11.1 Å². The summed E-state index contributed by atoms with van der Waals surface area (Å²) < 4.78 is 12.4. The summed E-state index contributed by atoms with van der Waals surface area (Å²) in [6.45, 7) is 0.697. The molecule has 3 aromatic heterocycles. The molecule has 1 N–H and O–H groups in total. The highest BCUT2D eigenvalue weighted by Gasteiger charge is 2.24. The van der Waals surface area contributed by atoms with Gasteiger partial charge in [-0.15, -0.1) is 0 Å². The van der Waals surface area contributed by atoms with E-state index >= 15 is 0 Å². The number of pyridine rings is 1. The van der Waals surface area contributed by atoms with Crippen molar-refractivity contribution in [2.45, 2.75) is 6.54 Å². The molecule has 5 aromatic carbocycles. The number of hydrogen-bond acceptors (Lipinski definition) is 5. The highest BCUT2D eigenvalue weighted by molar-refractivity contribution is 6.05. The van der Waals surface area contributed by atoms with Crippen molar-refractivity contribution in [1.82, 2.24) is 10.3 Å². The van der Waals surface area contributed by atoms with Gasteiger partial charge in [0, 0.05) is 29.4 Å². The zero-order valence-corrected chi connectivity index (χ0v) is 23.1. The van der Waals surface area contributed by atoms with E-state index in [2.05, 4.69) is 89.1 Å². The van der Waals surface area contributed by atoms with Gasteiger partial charge in [0.1, 0.15) is 28.3 Å². The van der Waals surface area contributed by atoms with Crippen LogP contribution in [0.15, 0.2) is 136 Å². The van der Waals surface area contributed by atoms with Crippen LogP contribution in [0.5, 0.6) is 0 Å². The molecule has 8 aromatic rings. The van der Waals surface area contributed by atoms with E-state index in [0.29, 0.717) is 6.54 Å². The Balaban J connectivity index is 1.27. The molecule has 43 heavy (non-hydrogen) atoms. The predicted octanol–water partition coefficient (Wildman–Crippen LogP) is 10.1. The molecule has 0 spiro atoms. The minimum Gasteiger partial charge on any atom is -0.456 e. The van der Waals surface area contributed by atoms with Gasteiger partial charge in [0.25, 0.3) is 0 Å². The van der Waals surface area contributed by atoms with E-state index in [4.69, 9.17) is 13.8 Å². The van der Waals surface area contributed by atoms with E-state index in [1.165, 1.54) is 16.5 Å². The first kappa shape index (κ1) is 23.9. The first-order valence-electron chi connectivity index (χ1n) is 14.4. The average molecular weight is 556 g/mol. The summed E-state index contributed by atoms with van der Waals surface area (Å²) in [5.74, 6) is 1.69. The van der Waals surface area contributed by atoms with Gasteiger partial charge >= 0.3 is 0 Å². The maximum Gasteiger partial charge on any atom is 0.154 e. The quantitative estimate of drug-likeness (QED) is 0.234. The van der Waals surface area contributed by atoms with Crippen molar-refractivity contribution in [3.8, 4) is 11.1 Å². The fourth-order valence-corrected chi connectivity index (χ4v) is 6.29. The summed E-state index contributed by atoms with van der Waals surface area (Å²) in [5, 5.41) is 7.78. The molecule has 0 saturated carbocycles. The van der Waals surface area contributed by atoms with Crippen molar-refractivity contribution < 1.29 is 8.83 Å². The maximum absolute atomic E-state index is 6.31. The minimum atomic E-state index is 0.697. The van der Waals surface area contributed by atoms with Crippen molar-refractivity contribution in [3.63, 3.8) is 0 Å². The molecule has 0 fully saturated rings. The van der Waals surface area contributed by atoms with Crippen LogP contribution in [0.1, 0.15) is 11.3 Å². The van der Waals surface area contributed by atoms with Crippen molar-refractivity contribution in [2.75, 3.05) is 4.90 Å². The van der Waals surface area contributed by atoms with Gasteiger partial charge in [-0.25, -0.2) is 4.98 Å². The number of aromatic nitrogens is 1. The van der Waals surface area contributed by atoms with Gasteiger partial charge < -0.3 is 14.2 Å². The third-order valence-corrected chi connectivity index (χ3v) is 8.32. The van der Waals surface area contributed by atoms with Gasteiger partial charge in [-0.3, -0.25) is 4.90 Å². The van der Waals surface area contributed by atoms with Crippen LogP contribution in [0.2, 0.25) is 0 Å². The van der Waals surface area contributed by atoms with E-state index in [0.717, 1.165) is 66.9 Å². The zero-order valence-electron chi connectivity index (χ0n) is 23.1. The molecule has 0 aliphatic carbocycles. The normalized spacial score (nSPS) is 12.7. The molecule has 1 aliphatic heterocycles. The Bertz CT molecular complexity index is 2360. The molecule has 204 valence electrons. The molecule has 0 atom stereocenters. The zero-order chi connectivity index (χ0) is 28.3. The second-order valence-corrected chi connectivity index (χ2v) is 10.9. The fraction of sp³-hybridized carbons (Fsp3) is 0.0263. The highest BCUT2D eigenvalue weighted by Crippen LogP contribution is 2.43. The molecular formula is C38H25N3O2. The SMILES string of the molecule is C1=Cc2oc3cccc(N(c4ccc5cc(-c6ccccc6)ccc5c4)c4ccc5oc6ccccc6c5n4)c3c2CN1. The molecule has 9 rings (SSSR count). The number of benzene rings is 5. The number of nitrogens with one attached hydrogen (secondary N) is 1. The van der Waals surface area contributed by atoms with Crippen LogP contribution in [0.4, 0.5) is 17.2 Å². The number of furan rings is 2. The smallest absolute Gasteiger partial charge is 0.154 e. The Labute approximate surface area is 247 Å². The maximum atomic E-state index is 6.31. The van der Waals surface area contributed by atoms with Crippen LogP contribution in [0.3, 0.4) is 0 Å². The number of nitrogens with zero attached hydrogens (tertiary/aromatic N) is 2. The number of anilines is 3. The Hall–Kier alpha value is -5.81. The lowest BCUT2D eigenvalue weighted by Crippen LogP contribution is -2.13. The summed E-state index contributed by atoms with van der Waals surface area (Å²) in [5.41, 5.74) is 8.87. The molecular weight excluding hydrogens is 530 g/mol. The Morgan fingerprint density at radius 1 is 0.651 bits per heavy atom. The highest BCUT2D eigenvalue weighted by atomic mass is 16.3. The van der Waals surface area contributed by atoms with Crippen LogP contribution in [0.25, 0.3) is 61.0 Å². The lowest BCUT2D eigenvalue weighted by Gasteiger charge is -2.26. The molecule has 5 nitrogen and oxygen atoms in total. The summed E-state index contributed by atoms with van der Waals surface area (Å²) in [4.78, 5) is 7.46. The van der Waals surface area contributed by atoms with Gasteiger partial charge in [0.2, 0.25) is 0 Å². The summed E-state index contributed by atoms with van der Waals surface area (Å²) >= 11 is 0. The molecule has 0 unspecified atom stereocenters. The lowest BCUT2D eigenvalue weighted by molar-refractivity contribution is 0.592. The first-order valence-corrected chi connectivity index (χ1v) is 14.4. The third kappa shape index (κ3) is 3.82. The van der Waals surface area contributed by atoms with Gasteiger partial charge in [0.15, 0.2) is 5.58 Å². The monoisotopic (exact) mass is 555 g/mol. The summed E-state index contributed by atoms with van der Waals surface area (Å²) in [6, 6.07) is 42.1. The number of rotatable bonds is 4. The van der Waals surface area contributed by atoms with Gasteiger partial charge in [-0.05, 0) is 82.6 Å². The van der Waals surface area contributed by atoms with Crippen molar-refractivity contribution in [3.05, 3.63) is 139 Å². The summed E-state index contributed by atoms with van der Waals surface area (Å²) in [6.07, 6.45) is 3.93. The van der Waals surface area contributed by atoms with E-state index in [1.54, 1.807) is 0 Å². The molecule has 0 amide bonds. The number of hydrogen-bond donors (Lipinski definition) is 1. The third-order valence-electron chi connectivity index (χ3n) is 8.32. The second-order valence-electron chi connectivity index (χ2n) is 10.9. The predicted molar refractivity (Wildman–Crippen MR) is 175 cm³/mol. The van der Waals surface area contributed by atoms with Crippen LogP contribution < -0.4 is 10.2 Å². The molecule has 0 bridgehead atoms. The number of para-hydroxylation sites is 1. The Morgan fingerprint density at radius 3 is 2.44 bits per heavy atom. The number of fused-ring (bicyclic) bond motifs is 7. The van der Waals surface area contributed by atoms with Crippen LogP contribution >= 0.6 is 0 Å². The molecule has 0 saturated heterocycles. The average Bonchev–Trinajstić information content (AvgIpc) is 3.64. The Morgan fingerprint density at radius 2 is 1.49 bits per heavy atom. The van der Waals surface area contributed by atoms with Crippen LogP contribution in [0, 0.1) is 0 Å². The standard InChI is InChI=1S/C38H25N3O2/c1-2-7-24(8-3-1)25-13-14-27-22-28(16-15-26(27)21-25)41(31-10-6-12-34-37(31)30-23-39-20-19-33(30)42-34)36-18-17-35-38(40-36)29-9-4-5-11-32(29)43-35/h1-22,39H,23H2. The van der Waals surface area contributed by atoms with Crippen molar-refractivity contribution in [1.29, 1.82) is 0 Å². The molecule has 4 heterocycles. The lowest BCUT2D eigenvalue weighted by atomic mass is 10.0. The first-order chi connectivity index (χ1) is 21.3. The molecule has 1 aliphatic rings. The topological polar surface area (TPSA) is 54.4 Å². The summed E-state index contributed by atoms with van der Waals surface area (Å²) in [7, 11) is 0. The van der Waals surface area contributed by atoms with E-state index in [1.807, 2.05) is 54.7 Å². The molecule has 5 heteroatoms. The van der Waals surface area contributed by atoms with Crippen molar-refractivity contribution >= 4 is 67.1 Å². The fourth-order valence-electron chi connectivity index (χ4n) is 6.29. The van der Waals surface area contributed by atoms with Crippen molar-refractivity contribution in [2.24, 2.45) is 0 Å². The minimum absolute atomic E-state index is 0.697. The van der Waals surface area contributed by atoms with Gasteiger partial charge in [-0.2, -0.15) is 0 Å². The van der Waals surface area contributed by atoms with E-state index in [-0.39, 0.29) is 0 Å². The van der Waals surface area contributed by atoms with Crippen LogP contribution in [-0.4, -0.2) is 4.98 Å². The van der Waals surface area contributed by atoms with Gasteiger partial charge in [-0.1, -0.05) is 66.7 Å². The second kappa shape index (κ2) is 9.36. The Kier molecular flexibility index (Phi) is 5.19. The van der Waals surface area contributed by atoms with E-state index < -0.39 is 0 Å². The van der Waals surface area contributed by atoms with Crippen LogP contribution in [-0.2, 0) is 6.54 Å². The molecule has 0 radical (unpaired) electrons. The van der Waals surface area contributed by atoms with E-state index in [9.17, 15) is 0 Å². The largest absolute Gasteiger partial charge is 0.456 e.